The number of halogens is 1. The molecule has 5 nitrogen and oxygen atoms in total. The number of likely N-dealkylation sites (N-methyl/N-ethyl adjacent to an activating group) is 1. The van der Waals surface area contributed by atoms with E-state index in [1.165, 1.54) is 12.1 Å². The van der Waals surface area contributed by atoms with Crippen molar-refractivity contribution in [3.8, 4) is 6.07 Å². The van der Waals surface area contributed by atoms with E-state index in [1.807, 2.05) is 13.0 Å². The van der Waals surface area contributed by atoms with Crippen LogP contribution in [0, 0.1) is 11.3 Å². The number of nitrogens with one attached hydrogen (secondary N) is 2. The first-order valence-corrected chi connectivity index (χ1v) is 6.79. The van der Waals surface area contributed by atoms with E-state index in [4.69, 9.17) is 5.26 Å². The van der Waals surface area contributed by atoms with Crippen LogP contribution < -0.4 is 10.0 Å². The van der Waals surface area contributed by atoms with E-state index in [0.717, 1.165) is 6.54 Å². The average molecular weight is 290 g/mol. The summed E-state index contributed by atoms with van der Waals surface area (Å²) in [6.45, 7) is 3.65. The molecule has 18 heavy (non-hydrogen) atoms. The van der Waals surface area contributed by atoms with Gasteiger partial charge in [0, 0.05) is 13.1 Å². The lowest BCUT2D eigenvalue weighted by Gasteiger charge is -2.07. The van der Waals surface area contributed by atoms with Gasteiger partial charge in [-0.25, -0.2) is 13.1 Å². The highest BCUT2D eigenvalue weighted by atomic mass is 35.5. The molecular weight excluding hydrogens is 274 g/mol. The standard InChI is InChI=1S/C11H15N3O2S.ClH/c1-2-13-6-7-14-17(15,16)11-5-3-4-10(8-11)9-12;/h3-5,8,13-14H,2,6-7H2,1H3;1H. The van der Waals surface area contributed by atoms with Crippen LogP contribution in [0.3, 0.4) is 0 Å². The van der Waals surface area contributed by atoms with E-state index in [9.17, 15) is 8.42 Å². The molecule has 0 spiro atoms. The second-order valence-electron chi connectivity index (χ2n) is 3.39. The minimum atomic E-state index is -3.51. The molecule has 0 aliphatic rings. The summed E-state index contributed by atoms with van der Waals surface area (Å²) in [5, 5.41) is 11.7. The van der Waals surface area contributed by atoms with Gasteiger partial charge in [0.2, 0.25) is 10.0 Å². The first kappa shape index (κ1) is 16.9. The van der Waals surface area contributed by atoms with Crippen molar-refractivity contribution in [1.82, 2.24) is 10.0 Å². The third-order valence-corrected chi connectivity index (χ3v) is 3.58. The molecule has 0 saturated carbocycles. The van der Waals surface area contributed by atoms with Crippen LogP contribution in [0.25, 0.3) is 0 Å². The number of hydrogen-bond donors (Lipinski definition) is 2. The number of nitriles is 1. The summed E-state index contributed by atoms with van der Waals surface area (Å²) in [6.07, 6.45) is 0. The monoisotopic (exact) mass is 289 g/mol. The fourth-order valence-corrected chi connectivity index (χ4v) is 2.34. The van der Waals surface area contributed by atoms with Crippen LogP contribution in [0.15, 0.2) is 29.2 Å². The van der Waals surface area contributed by atoms with Gasteiger partial charge < -0.3 is 5.32 Å². The van der Waals surface area contributed by atoms with Crippen molar-refractivity contribution in [3.63, 3.8) is 0 Å². The molecule has 0 fully saturated rings. The molecule has 2 N–H and O–H groups in total. The number of benzene rings is 1. The zero-order chi connectivity index (χ0) is 12.7. The lowest BCUT2D eigenvalue weighted by Crippen LogP contribution is -2.31. The van der Waals surface area contributed by atoms with Crippen LogP contribution in [0.5, 0.6) is 0 Å². The Morgan fingerprint density at radius 2 is 2.06 bits per heavy atom. The van der Waals surface area contributed by atoms with Crippen LogP contribution in [0.4, 0.5) is 0 Å². The van der Waals surface area contributed by atoms with Crippen molar-refractivity contribution >= 4 is 22.4 Å². The molecule has 0 radical (unpaired) electrons. The smallest absolute Gasteiger partial charge is 0.240 e. The molecule has 0 heterocycles. The number of hydrogen-bond acceptors (Lipinski definition) is 4. The lowest BCUT2D eigenvalue weighted by molar-refractivity contribution is 0.577. The van der Waals surface area contributed by atoms with Crippen LogP contribution in [-0.4, -0.2) is 28.1 Å². The van der Waals surface area contributed by atoms with Gasteiger partial charge in [-0.3, -0.25) is 0 Å². The van der Waals surface area contributed by atoms with Gasteiger partial charge in [-0.05, 0) is 24.7 Å². The Labute approximate surface area is 114 Å². The maximum atomic E-state index is 11.8. The van der Waals surface area contributed by atoms with Gasteiger partial charge in [0.15, 0.2) is 0 Å². The van der Waals surface area contributed by atoms with E-state index < -0.39 is 10.0 Å². The Morgan fingerprint density at radius 3 is 2.67 bits per heavy atom. The zero-order valence-electron chi connectivity index (χ0n) is 10.0. The second-order valence-corrected chi connectivity index (χ2v) is 5.16. The maximum absolute atomic E-state index is 11.8. The third-order valence-electron chi connectivity index (χ3n) is 2.12. The molecule has 100 valence electrons. The Bertz CT molecular complexity index is 511. The molecule has 1 rings (SSSR count). The van der Waals surface area contributed by atoms with Gasteiger partial charge in [0.1, 0.15) is 0 Å². The molecule has 0 amide bonds. The highest BCUT2D eigenvalue weighted by Crippen LogP contribution is 2.10. The van der Waals surface area contributed by atoms with Crippen molar-refractivity contribution in [1.29, 1.82) is 5.26 Å². The fourth-order valence-electron chi connectivity index (χ4n) is 1.27. The summed E-state index contributed by atoms with van der Waals surface area (Å²) >= 11 is 0. The third kappa shape index (κ3) is 5.02. The molecule has 1 aromatic rings. The maximum Gasteiger partial charge on any atom is 0.240 e. The Morgan fingerprint density at radius 1 is 1.33 bits per heavy atom. The molecule has 7 heteroatoms. The van der Waals surface area contributed by atoms with Crippen LogP contribution in [0.1, 0.15) is 12.5 Å². The molecule has 0 aliphatic carbocycles. The zero-order valence-corrected chi connectivity index (χ0v) is 11.6. The molecule has 0 unspecified atom stereocenters. The predicted octanol–water partition coefficient (Wildman–Crippen LogP) is 0.868. The topological polar surface area (TPSA) is 82.0 Å². The Kier molecular flexibility index (Phi) is 7.55. The first-order valence-electron chi connectivity index (χ1n) is 5.30. The van der Waals surface area contributed by atoms with Crippen molar-refractivity contribution in [3.05, 3.63) is 29.8 Å². The summed E-state index contributed by atoms with van der Waals surface area (Å²) in [5.74, 6) is 0. The molecule has 0 saturated heterocycles. The molecule has 0 aromatic heterocycles. The van der Waals surface area contributed by atoms with Gasteiger partial charge in [-0.1, -0.05) is 13.0 Å². The SMILES string of the molecule is CCNCCNS(=O)(=O)c1cccc(C#N)c1.Cl. The van der Waals surface area contributed by atoms with Gasteiger partial charge in [0.25, 0.3) is 0 Å². The predicted molar refractivity (Wildman–Crippen MR) is 72.1 cm³/mol. The van der Waals surface area contributed by atoms with Gasteiger partial charge in [-0.2, -0.15) is 5.26 Å². The highest BCUT2D eigenvalue weighted by molar-refractivity contribution is 7.89. The minimum Gasteiger partial charge on any atom is -0.316 e. The molecule has 1 aromatic carbocycles. The second kappa shape index (κ2) is 8.06. The fraction of sp³-hybridized carbons (Fsp3) is 0.364. The summed E-state index contributed by atoms with van der Waals surface area (Å²) in [5.41, 5.74) is 0.333. The molecule has 0 bridgehead atoms. The quantitative estimate of drug-likeness (QED) is 0.761. The van der Waals surface area contributed by atoms with E-state index in [1.54, 1.807) is 12.1 Å². The van der Waals surface area contributed by atoms with Gasteiger partial charge >= 0.3 is 0 Å². The van der Waals surface area contributed by atoms with E-state index in [0.29, 0.717) is 18.7 Å². The first-order chi connectivity index (χ1) is 8.10. The Balaban J connectivity index is 0.00000289. The summed E-state index contributed by atoms with van der Waals surface area (Å²) in [4.78, 5) is 0.119. The van der Waals surface area contributed by atoms with Crippen molar-refractivity contribution in [2.45, 2.75) is 11.8 Å². The summed E-state index contributed by atoms with van der Waals surface area (Å²) in [6, 6.07) is 7.86. The van der Waals surface area contributed by atoms with Crippen LogP contribution in [0.2, 0.25) is 0 Å². The van der Waals surface area contributed by atoms with Gasteiger partial charge in [-0.15, -0.1) is 12.4 Å². The van der Waals surface area contributed by atoms with Crippen molar-refractivity contribution < 1.29 is 8.42 Å². The van der Waals surface area contributed by atoms with E-state index in [2.05, 4.69) is 10.0 Å². The molecular formula is C11H16ClN3O2S. The van der Waals surface area contributed by atoms with E-state index in [-0.39, 0.29) is 17.3 Å². The Hall–Kier alpha value is -1.13. The highest BCUT2D eigenvalue weighted by Gasteiger charge is 2.13. The normalized spacial score (nSPS) is 10.4. The molecule has 0 atom stereocenters. The van der Waals surface area contributed by atoms with Crippen LogP contribution >= 0.6 is 12.4 Å². The minimum absolute atomic E-state index is 0. The summed E-state index contributed by atoms with van der Waals surface area (Å²) < 4.78 is 26.1. The lowest BCUT2D eigenvalue weighted by atomic mass is 10.2. The van der Waals surface area contributed by atoms with Crippen LogP contribution in [-0.2, 0) is 10.0 Å². The number of nitrogens with zero attached hydrogens (tertiary/aromatic N) is 1. The molecule has 0 aliphatic heterocycles. The van der Waals surface area contributed by atoms with E-state index >= 15 is 0 Å². The largest absolute Gasteiger partial charge is 0.316 e. The number of sulfonamides is 1. The van der Waals surface area contributed by atoms with Crippen molar-refractivity contribution in [2.24, 2.45) is 0 Å². The van der Waals surface area contributed by atoms with Crippen molar-refractivity contribution in [2.75, 3.05) is 19.6 Å². The van der Waals surface area contributed by atoms with Gasteiger partial charge in [0.05, 0.1) is 16.5 Å². The average Bonchev–Trinajstić information content (AvgIpc) is 2.35. The summed E-state index contributed by atoms with van der Waals surface area (Å²) in [7, 11) is -3.51. The number of rotatable bonds is 6.